The van der Waals surface area contributed by atoms with E-state index in [0.29, 0.717) is 11.3 Å². The molecule has 0 fully saturated rings. The highest BCUT2D eigenvalue weighted by molar-refractivity contribution is 6.33. The predicted octanol–water partition coefficient (Wildman–Crippen LogP) is 4.05. The largest absolute Gasteiger partial charge is 0.324 e. The number of carbonyl (C=O) groups is 1. The summed E-state index contributed by atoms with van der Waals surface area (Å²) >= 11 is 5.81. The Morgan fingerprint density at radius 2 is 1.87 bits per heavy atom. The summed E-state index contributed by atoms with van der Waals surface area (Å²) in [4.78, 5) is 11.8. The maximum absolute atomic E-state index is 13.2. The van der Waals surface area contributed by atoms with Crippen LogP contribution in [0.1, 0.15) is 18.5 Å². The number of rotatable bonds is 5. The Hall–Kier alpha value is -2.05. The molecule has 1 atom stereocenters. The number of halogens is 4. The summed E-state index contributed by atoms with van der Waals surface area (Å²) in [5.74, 6) is -2.77. The molecular weight excluding hydrogens is 329 g/mol. The molecule has 0 unspecified atom stereocenters. The molecule has 3 nitrogen and oxygen atoms in total. The summed E-state index contributed by atoms with van der Waals surface area (Å²) in [6.45, 7) is 1.64. The van der Waals surface area contributed by atoms with Gasteiger partial charge in [0, 0.05) is 6.04 Å². The highest BCUT2D eigenvalue weighted by Gasteiger charge is 2.11. The van der Waals surface area contributed by atoms with Crippen molar-refractivity contribution >= 4 is 23.2 Å². The minimum atomic E-state index is -0.946. The first-order valence-electron chi connectivity index (χ1n) is 6.80. The Balaban J connectivity index is 1.91. The Morgan fingerprint density at radius 3 is 2.52 bits per heavy atom. The summed E-state index contributed by atoms with van der Waals surface area (Å²) < 4.78 is 39.0. The lowest BCUT2D eigenvalue weighted by Gasteiger charge is -2.15. The van der Waals surface area contributed by atoms with E-state index in [0.717, 1.165) is 18.2 Å². The number of carbonyl (C=O) groups excluding carboxylic acids is 1. The van der Waals surface area contributed by atoms with E-state index in [2.05, 4.69) is 10.6 Å². The number of hydrogen-bond acceptors (Lipinski definition) is 2. The highest BCUT2D eigenvalue weighted by atomic mass is 35.5. The van der Waals surface area contributed by atoms with Gasteiger partial charge in [0.05, 0.1) is 17.3 Å². The molecule has 2 N–H and O–H groups in total. The third-order valence-corrected chi connectivity index (χ3v) is 3.53. The molecule has 2 aromatic carbocycles. The average Bonchev–Trinajstić information content (AvgIpc) is 2.50. The molecule has 0 aromatic heterocycles. The van der Waals surface area contributed by atoms with E-state index in [1.165, 1.54) is 18.2 Å². The zero-order chi connectivity index (χ0) is 17.0. The first-order valence-corrected chi connectivity index (χ1v) is 7.18. The minimum absolute atomic E-state index is 0.0755. The maximum Gasteiger partial charge on any atom is 0.238 e. The molecule has 0 aliphatic rings. The monoisotopic (exact) mass is 342 g/mol. The fraction of sp³-hybridized carbons (Fsp3) is 0.188. The van der Waals surface area contributed by atoms with Crippen LogP contribution in [0.15, 0.2) is 36.4 Å². The minimum Gasteiger partial charge on any atom is -0.324 e. The van der Waals surface area contributed by atoms with Crippen LogP contribution in [0.5, 0.6) is 0 Å². The molecule has 7 heteroatoms. The second-order valence-electron chi connectivity index (χ2n) is 4.95. The Kier molecular flexibility index (Phi) is 5.63. The van der Waals surface area contributed by atoms with Crippen molar-refractivity contribution in [1.82, 2.24) is 5.32 Å². The Bertz CT molecular complexity index is 724. The van der Waals surface area contributed by atoms with Crippen LogP contribution in [0.2, 0.25) is 5.02 Å². The Labute approximate surface area is 136 Å². The normalized spacial score (nSPS) is 12.0. The number of amides is 1. The topological polar surface area (TPSA) is 41.1 Å². The molecular formula is C16H14ClF3N2O. The van der Waals surface area contributed by atoms with E-state index in [1.807, 2.05) is 0 Å². The average molecular weight is 343 g/mol. The second kappa shape index (κ2) is 7.48. The van der Waals surface area contributed by atoms with Gasteiger partial charge in [0.2, 0.25) is 5.91 Å². The number of hydrogen-bond donors (Lipinski definition) is 2. The van der Waals surface area contributed by atoms with Crippen LogP contribution in [-0.2, 0) is 4.79 Å². The zero-order valence-electron chi connectivity index (χ0n) is 12.2. The molecule has 0 heterocycles. The smallest absolute Gasteiger partial charge is 0.238 e. The van der Waals surface area contributed by atoms with Crippen molar-refractivity contribution in [3.8, 4) is 0 Å². The van der Waals surface area contributed by atoms with Gasteiger partial charge in [-0.15, -0.1) is 0 Å². The second-order valence-corrected chi connectivity index (χ2v) is 5.36. The van der Waals surface area contributed by atoms with Gasteiger partial charge in [-0.1, -0.05) is 17.7 Å². The molecule has 1 amide bonds. The van der Waals surface area contributed by atoms with Crippen molar-refractivity contribution in [2.24, 2.45) is 0 Å². The van der Waals surface area contributed by atoms with Crippen LogP contribution in [0.4, 0.5) is 18.9 Å². The third-order valence-electron chi connectivity index (χ3n) is 3.22. The Morgan fingerprint density at radius 1 is 1.13 bits per heavy atom. The molecule has 2 rings (SSSR count). The fourth-order valence-corrected chi connectivity index (χ4v) is 2.15. The van der Waals surface area contributed by atoms with Gasteiger partial charge in [-0.2, -0.15) is 0 Å². The molecule has 0 saturated carbocycles. The summed E-state index contributed by atoms with van der Waals surface area (Å²) in [5.41, 5.74) is 0.803. The van der Waals surface area contributed by atoms with Crippen molar-refractivity contribution in [1.29, 1.82) is 0 Å². The maximum atomic E-state index is 13.2. The van der Waals surface area contributed by atoms with E-state index in [-0.39, 0.29) is 17.6 Å². The van der Waals surface area contributed by atoms with Gasteiger partial charge in [0.15, 0.2) is 11.6 Å². The molecule has 0 saturated heterocycles. The zero-order valence-corrected chi connectivity index (χ0v) is 12.9. The van der Waals surface area contributed by atoms with Crippen LogP contribution in [-0.4, -0.2) is 12.5 Å². The standard InChI is InChI=1S/C16H14ClF3N2O/c1-9(10-2-4-13(19)14(20)6-10)21-8-16(23)22-15-5-3-11(18)7-12(15)17/h2-7,9,21H,8H2,1H3,(H,22,23)/t9-/m1/s1. The predicted molar refractivity (Wildman–Crippen MR) is 82.8 cm³/mol. The number of nitrogens with one attached hydrogen (secondary N) is 2. The molecule has 0 spiro atoms. The van der Waals surface area contributed by atoms with E-state index in [9.17, 15) is 18.0 Å². The van der Waals surface area contributed by atoms with Gasteiger partial charge in [-0.05, 0) is 42.8 Å². The van der Waals surface area contributed by atoms with Crippen molar-refractivity contribution in [3.05, 3.63) is 64.4 Å². The molecule has 0 bridgehead atoms. The van der Waals surface area contributed by atoms with Crippen LogP contribution >= 0.6 is 11.6 Å². The molecule has 0 aliphatic carbocycles. The van der Waals surface area contributed by atoms with Gasteiger partial charge < -0.3 is 10.6 Å². The lowest BCUT2D eigenvalue weighted by molar-refractivity contribution is -0.115. The van der Waals surface area contributed by atoms with E-state index in [1.54, 1.807) is 6.92 Å². The van der Waals surface area contributed by atoms with E-state index in [4.69, 9.17) is 11.6 Å². The van der Waals surface area contributed by atoms with Crippen molar-refractivity contribution in [2.75, 3.05) is 11.9 Å². The van der Waals surface area contributed by atoms with E-state index < -0.39 is 23.4 Å². The summed E-state index contributed by atoms with van der Waals surface area (Å²) in [7, 11) is 0. The van der Waals surface area contributed by atoms with Crippen LogP contribution in [0.3, 0.4) is 0 Å². The lowest BCUT2D eigenvalue weighted by atomic mass is 10.1. The van der Waals surface area contributed by atoms with Gasteiger partial charge in [-0.3, -0.25) is 4.79 Å². The molecule has 122 valence electrons. The molecule has 0 radical (unpaired) electrons. The number of benzene rings is 2. The van der Waals surface area contributed by atoms with Crippen molar-refractivity contribution < 1.29 is 18.0 Å². The quantitative estimate of drug-likeness (QED) is 0.860. The summed E-state index contributed by atoms with van der Waals surface area (Å²) in [6, 6.07) is 6.80. The van der Waals surface area contributed by atoms with Gasteiger partial charge in [-0.25, -0.2) is 13.2 Å². The van der Waals surface area contributed by atoms with E-state index >= 15 is 0 Å². The van der Waals surface area contributed by atoms with Gasteiger partial charge >= 0.3 is 0 Å². The molecule has 23 heavy (non-hydrogen) atoms. The van der Waals surface area contributed by atoms with Crippen LogP contribution < -0.4 is 10.6 Å². The SMILES string of the molecule is C[C@@H](NCC(=O)Nc1ccc(F)cc1Cl)c1ccc(F)c(F)c1. The lowest BCUT2D eigenvalue weighted by Crippen LogP contribution is -2.30. The third kappa shape index (κ3) is 4.71. The fourth-order valence-electron chi connectivity index (χ4n) is 1.93. The van der Waals surface area contributed by atoms with Crippen molar-refractivity contribution in [3.63, 3.8) is 0 Å². The molecule has 2 aromatic rings. The summed E-state index contributed by atoms with van der Waals surface area (Å²) in [5, 5.41) is 5.50. The van der Waals surface area contributed by atoms with Crippen molar-refractivity contribution in [2.45, 2.75) is 13.0 Å². The van der Waals surface area contributed by atoms with Gasteiger partial charge in [0.1, 0.15) is 5.82 Å². The number of anilines is 1. The summed E-state index contributed by atoms with van der Waals surface area (Å²) in [6.07, 6.45) is 0. The highest BCUT2D eigenvalue weighted by Crippen LogP contribution is 2.22. The molecule has 0 aliphatic heterocycles. The first-order chi connectivity index (χ1) is 10.9. The van der Waals surface area contributed by atoms with Gasteiger partial charge in [0.25, 0.3) is 0 Å². The first kappa shape index (κ1) is 17.3. The van der Waals surface area contributed by atoms with Crippen LogP contribution in [0, 0.1) is 17.5 Å². The van der Waals surface area contributed by atoms with Crippen LogP contribution in [0.25, 0.3) is 0 Å².